The van der Waals surface area contributed by atoms with Crippen molar-refractivity contribution in [3.05, 3.63) is 103 Å². The number of likely N-dealkylation sites (tertiary alicyclic amines) is 1. The Kier molecular flexibility index (Phi) is 8.58. The second kappa shape index (κ2) is 12.5. The number of halogens is 3. The van der Waals surface area contributed by atoms with Gasteiger partial charge in [-0.2, -0.15) is 0 Å². The van der Waals surface area contributed by atoms with Crippen LogP contribution in [0.4, 0.5) is 4.39 Å². The minimum atomic E-state index is -0.414. The molecule has 1 saturated heterocycles. The zero-order valence-electron chi connectivity index (χ0n) is 22.4. The number of ether oxygens (including phenoxy) is 1. The van der Waals surface area contributed by atoms with Gasteiger partial charge in [0.05, 0.1) is 18.2 Å². The van der Waals surface area contributed by atoms with E-state index in [0.717, 1.165) is 102 Å². The summed E-state index contributed by atoms with van der Waals surface area (Å²) in [5.74, 6) is 1.16. The van der Waals surface area contributed by atoms with Crippen molar-refractivity contribution in [2.45, 2.75) is 38.2 Å². The first-order chi connectivity index (χ1) is 20.0. The fourth-order valence-corrected chi connectivity index (χ4v) is 6.77. The van der Waals surface area contributed by atoms with Crippen LogP contribution < -0.4 is 9.68 Å². The van der Waals surface area contributed by atoms with Crippen molar-refractivity contribution < 1.29 is 13.5 Å². The number of rotatable bonds is 8. The Morgan fingerprint density at radius 2 is 1.83 bits per heavy atom. The first-order valence-corrected chi connectivity index (χ1v) is 15.4. The van der Waals surface area contributed by atoms with E-state index in [9.17, 15) is 9.18 Å². The van der Waals surface area contributed by atoms with Gasteiger partial charge in [-0.1, -0.05) is 47.5 Å². The average molecular weight is 612 g/mol. The summed E-state index contributed by atoms with van der Waals surface area (Å²) in [6.45, 7) is 2.24. The standard InChI is InChI=1S/C32H29Cl2FN2O3S/c33-23-8-12-27(29(34)18-23)28-4-1-3-21-17-22(31-36-41-32(38)40-31)7-11-26(21)30(28)20-5-9-24(10-6-20)39-25-13-16-37(19-25)15-2-14-35/h5-12,17-18,25H,1-4,13-16,19H2. The number of aryl methyl sites for hydroxylation is 1. The van der Waals surface area contributed by atoms with Crippen molar-refractivity contribution in [3.63, 3.8) is 0 Å². The molecule has 1 fully saturated rings. The lowest BCUT2D eigenvalue weighted by atomic mass is 9.87. The average Bonchev–Trinajstić information content (AvgIpc) is 3.56. The van der Waals surface area contributed by atoms with Crippen LogP contribution >= 0.6 is 34.7 Å². The van der Waals surface area contributed by atoms with Gasteiger partial charge in [0.1, 0.15) is 11.9 Å². The Morgan fingerprint density at radius 3 is 2.59 bits per heavy atom. The summed E-state index contributed by atoms with van der Waals surface area (Å²) < 4.78 is 28.4. The number of nitrogens with zero attached hydrogens (tertiary/aromatic N) is 2. The quantitative estimate of drug-likeness (QED) is 0.201. The molecule has 1 aromatic heterocycles. The van der Waals surface area contributed by atoms with Gasteiger partial charge in [-0.3, -0.25) is 9.29 Å². The Hall–Kier alpha value is -2.97. The number of hydrogen-bond donors (Lipinski definition) is 0. The highest BCUT2D eigenvalue weighted by Gasteiger charge is 2.25. The molecule has 41 heavy (non-hydrogen) atoms. The molecule has 2 aliphatic rings. The molecule has 6 rings (SSSR count). The number of aromatic nitrogens is 1. The predicted molar refractivity (Wildman–Crippen MR) is 164 cm³/mol. The molecule has 5 nitrogen and oxygen atoms in total. The summed E-state index contributed by atoms with van der Waals surface area (Å²) >= 11 is 13.8. The summed E-state index contributed by atoms with van der Waals surface area (Å²) in [5, 5.41) is 1.22. The van der Waals surface area contributed by atoms with Gasteiger partial charge >= 0.3 is 4.94 Å². The monoisotopic (exact) mass is 610 g/mol. The van der Waals surface area contributed by atoms with Gasteiger partial charge in [0.25, 0.3) is 0 Å². The van der Waals surface area contributed by atoms with Crippen LogP contribution in [0.15, 0.2) is 69.9 Å². The summed E-state index contributed by atoms with van der Waals surface area (Å²) in [4.78, 5) is 13.5. The van der Waals surface area contributed by atoms with Crippen LogP contribution in [0.3, 0.4) is 0 Å². The Labute approximate surface area is 252 Å². The number of alkyl halides is 1. The lowest BCUT2D eigenvalue weighted by molar-refractivity contribution is 0.198. The second-order valence-corrected chi connectivity index (χ2v) is 12.0. The van der Waals surface area contributed by atoms with Crippen LogP contribution in [0, 0.1) is 0 Å². The third-order valence-electron chi connectivity index (χ3n) is 7.72. The zero-order valence-corrected chi connectivity index (χ0v) is 24.7. The number of benzene rings is 3. The lowest BCUT2D eigenvalue weighted by Gasteiger charge is -2.19. The van der Waals surface area contributed by atoms with Crippen molar-refractivity contribution in [1.29, 1.82) is 0 Å². The fourth-order valence-electron chi connectivity index (χ4n) is 5.83. The van der Waals surface area contributed by atoms with E-state index in [0.29, 0.717) is 22.4 Å². The van der Waals surface area contributed by atoms with Crippen LogP contribution in [0.1, 0.15) is 47.9 Å². The van der Waals surface area contributed by atoms with Gasteiger partial charge in [-0.05, 0) is 102 Å². The fraction of sp³-hybridized carbons (Fsp3) is 0.312. The van der Waals surface area contributed by atoms with Crippen molar-refractivity contribution in [2.24, 2.45) is 0 Å². The van der Waals surface area contributed by atoms with Gasteiger partial charge in [0.2, 0.25) is 5.89 Å². The maximum absolute atomic E-state index is 12.6. The molecular formula is C32H29Cl2FN2O3S. The van der Waals surface area contributed by atoms with Crippen LogP contribution in [-0.2, 0) is 6.42 Å². The molecular weight excluding hydrogens is 582 g/mol. The molecule has 3 aromatic carbocycles. The minimum absolute atomic E-state index is 0.103. The van der Waals surface area contributed by atoms with Crippen LogP contribution in [0.5, 0.6) is 5.75 Å². The largest absolute Gasteiger partial charge is 0.489 e. The third-order valence-corrected chi connectivity index (χ3v) is 8.76. The molecule has 9 heteroatoms. The lowest BCUT2D eigenvalue weighted by Crippen LogP contribution is -2.26. The van der Waals surface area contributed by atoms with Crippen LogP contribution in [0.2, 0.25) is 10.0 Å². The zero-order chi connectivity index (χ0) is 28.3. The minimum Gasteiger partial charge on any atom is -0.489 e. The van der Waals surface area contributed by atoms with Crippen LogP contribution in [0.25, 0.3) is 22.6 Å². The molecule has 0 spiro atoms. The maximum atomic E-state index is 12.6. The molecule has 1 atom stereocenters. The highest BCUT2D eigenvalue weighted by Crippen LogP contribution is 2.43. The predicted octanol–water partition coefficient (Wildman–Crippen LogP) is 8.18. The molecule has 0 radical (unpaired) electrons. The molecule has 1 aliphatic heterocycles. The first kappa shape index (κ1) is 28.2. The Bertz CT molecular complexity index is 1630. The summed E-state index contributed by atoms with van der Waals surface area (Å²) in [7, 11) is 0. The topological polar surface area (TPSA) is 55.6 Å². The van der Waals surface area contributed by atoms with E-state index in [1.807, 2.05) is 30.3 Å². The van der Waals surface area contributed by atoms with Gasteiger partial charge in [0, 0.05) is 35.2 Å². The third kappa shape index (κ3) is 6.28. The molecule has 0 amide bonds. The molecule has 0 N–H and O–H groups in total. The number of hydrogen-bond acceptors (Lipinski definition) is 6. The van der Waals surface area contributed by atoms with Crippen molar-refractivity contribution in [2.75, 3.05) is 26.3 Å². The molecule has 0 saturated carbocycles. The van der Waals surface area contributed by atoms with E-state index < -0.39 is 4.94 Å². The van der Waals surface area contributed by atoms with Gasteiger partial charge in [-0.15, -0.1) is 4.37 Å². The smallest absolute Gasteiger partial charge is 0.414 e. The second-order valence-electron chi connectivity index (χ2n) is 10.4. The van der Waals surface area contributed by atoms with E-state index in [1.165, 1.54) is 0 Å². The molecule has 212 valence electrons. The molecule has 2 heterocycles. The maximum Gasteiger partial charge on any atom is 0.414 e. The van der Waals surface area contributed by atoms with Crippen molar-refractivity contribution in [1.82, 2.24) is 9.27 Å². The molecule has 4 aromatic rings. The highest BCUT2D eigenvalue weighted by atomic mass is 35.5. The SMILES string of the molecule is O=c1oc(-c2ccc3c(c2)CCCC(c2ccc(Cl)cc2Cl)=C3c2ccc(OC3CCN(CCCF)C3)cc2)ns1. The summed E-state index contributed by atoms with van der Waals surface area (Å²) in [6.07, 6.45) is 4.23. The number of allylic oxidation sites excluding steroid dienone is 1. The van der Waals surface area contributed by atoms with Crippen molar-refractivity contribution in [3.8, 4) is 17.2 Å². The normalized spacial score (nSPS) is 17.5. The molecule has 1 aliphatic carbocycles. The van der Waals surface area contributed by atoms with E-state index in [1.54, 1.807) is 6.07 Å². The van der Waals surface area contributed by atoms with E-state index in [-0.39, 0.29) is 12.8 Å². The summed E-state index contributed by atoms with van der Waals surface area (Å²) in [5.41, 5.74) is 7.35. The van der Waals surface area contributed by atoms with Crippen molar-refractivity contribution >= 4 is 45.9 Å². The Morgan fingerprint density at radius 1 is 1.02 bits per heavy atom. The Balaban J connectivity index is 1.37. The summed E-state index contributed by atoms with van der Waals surface area (Å²) in [6, 6.07) is 20.0. The molecule has 0 bridgehead atoms. The molecule has 1 unspecified atom stereocenters. The van der Waals surface area contributed by atoms with Gasteiger partial charge in [0.15, 0.2) is 0 Å². The van der Waals surface area contributed by atoms with Crippen LogP contribution in [-0.4, -0.2) is 41.7 Å². The van der Waals surface area contributed by atoms with Gasteiger partial charge < -0.3 is 9.15 Å². The first-order valence-electron chi connectivity index (χ1n) is 13.8. The highest BCUT2D eigenvalue weighted by molar-refractivity contribution is 7.02. The van der Waals surface area contributed by atoms with E-state index >= 15 is 0 Å². The van der Waals surface area contributed by atoms with E-state index in [4.69, 9.17) is 32.4 Å². The van der Waals surface area contributed by atoms with E-state index in [2.05, 4.69) is 33.5 Å². The van der Waals surface area contributed by atoms with Gasteiger partial charge in [-0.25, -0.2) is 4.79 Å². The number of fused-ring (bicyclic) bond motifs is 1.